The Hall–Kier alpha value is -7.40. The first-order chi connectivity index (χ1) is 36.5. The molecule has 5 N–H and O–H groups in total. The van der Waals surface area contributed by atoms with Crippen LogP contribution < -0.4 is 23.8 Å². The first kappa shape index (κ1) is 52.5. The minimum Gasteiger partial charge on any atom is -0.508 e. The molecule has 0 spiro atoms. The Morgan fingerprint density at radius 1 is 0.347 bits per heavy atom. The SMILES string of the molecule is OOc1ccc(-c2ccc(OCCc3ccc(O)cc3)c(C(c3cc(-c4ccc(OCCc5ccc(O)cc5)cc4)ccc3OCCc3ccc(O)cc3)c3cc(I)cc(I)c3OCCc3ccc(O)cc3)c2)cc1. The summed E-state index contributed by atoms with van der Waals surface area (Å²) < 4.78 is 28.8. The zero-order chi connectivity index (χ0) is 52.1. The molecule has 1 atom stereocenters. The van der Waals surface area contributed by atoms with Crippen LogP contribution in [0.4, 0.5) is 0 Å². The zero-order valence-corrected chi connectivity index (χ0v) is 45.1. The summed E-state index contributed by atoms with van der Waals surface area (Å²) in [6.07, 6.45) is 2.45. The maximum Gasteiger partial charge on any atom is 0.165 e. The highest BCUT2D eigenvalue weighted by Crippen LogP contribution is 2.48. The van der Waals surface area contributed by atoms with Crippen LogP contribution in [0.2, 0.25) is 0 Å². The number of aromatic hydroxyl groups is 4. The van der Waals surface area contributed by atoms with Crippen LogP contribution in [0.3, 0.4) is 0 Å². The lowest BCUT2D eigenvalue weighted by Crippen LogP contribution is -2.14. The molecule has 0 aliphatic carbocycles. The van der Waals surface area contributed by atoms with Crippen molar-refractivity contribution in [3.05, 3.63) is 240 Å². The molecule has 9 aromatic rings. The minimum absolute atomic E-state index is 0.196. The van der Waals surface area contributed by atoms with Gasteiger partial charge in [0.25, 0.3) is 0 Å². The molecule has 0 radical (unpaired) electrons. The van der Waals surface area contributed by atoms with Crippen LogP contribution in [0.5, 0.6) is 51.7 Å². The Morgan fingerprint density at radius 2 is 0.707 bits per heavy atom. The van der Waals surface area contributed by atoms with Gasteiger partial charge in [0.1, 0.15) is 46.0 Å². The molecule has 0 saturated heterocycles. The molecule has 0 amide bonds. The van der Waals surface area contributed by atoms with Gasteiger partial charge in [0.15, 0.2) is 5.75 Å². The van der Waals surface area contributed by atoms with Crippen molar-refractivity contribution >= 4 is 45.2 Å². The van der Waals surface area contributed by atoms with Crippen molar-refractivity contribution in [1.29, 1.82) is 0 Å². The average molecular weight is 1220 g/mol. The number of hydrogen-bond acceptors (Lipinski definition) is 10. The lowest BCUT2D eigenvalue weighted by Gasteiger charge is -2.28. The summed E-state index contributed by atoms with van der Waals surface area (Å²) in [5, 5.41) is 49.3. The van der Waals surface area contributed by atoms with Gasteiger partial charge < -0.3 is 44.3 Å². The van der Waals surface area contributed by atoms with E-state index in [0.717, 1.165) is 74.1 Å². The second-order valence-corrected chi connectivity index (χ2v) is 20.4. The van der Waals surface area contributed by atoms with E-state index in [1.165, 1.54) is 0 Å². The summed E-state index contributed by atoms with van der Waals surface area (Å²) in [5.41, 5.74) is 10.4. The third-order valence-electron chi connectivity index (χ3n) is 12.8. The first-order valence-electron chi connectivity index (χ1n) is 24.5. The average Bonchev–Trinajstić information content (AvgIpc) is 3.43. The summed E-state index contributed by atoms with van der Waals surface area (Å²) in [6.45, 7) is 1.51. The molecule has 0 heterocycles. The van der Waals surface area contributed by atoms with Crippen molar-refractivity contribution in [2.24, 2.45) is 0 Å². The van der Waals surface area contributed by atoms with Gasteiger partial charge in [-0.05, 0) is 199 Å². The highest BCUT2D eigenvalue weighted by Gasteiger charge is 2.30. The lowest BCUT2D eigenvalue weighted by atomic mass is 9.81. The van der Waals surface area contributed by atoms with Crippen molar-refractivity contribution in [3.8, 4) is 74.0 Å². The molecule has 0 aliphatic rings. The van der Waals surface area contributed by atoms with Crippen molar-refractivity contribution < 1.29 is 49.5 Å². The standard InChI is InChI=1S/C63H54I2O10/c64-49-39-58(63(59(65)40-49)74-36-32-44-7-21-53(69)22-8-44)62(57-38-48(46-11-25-55(75-70)26-12-46)14-28-61(57)73-35-31-43-5-19-52(68)20-6-43)56-37-47(13-27-60(56)72-34-30-42-3-17-51(67)18-4-42)45-9-23-54(24-10-45)71-33-29-41-1-15-50(66)16-2-41/h1-28,37-40,62,66-70H,29-36H2. The van der Waals surface area contributed by atoms with Gasteiger partial charge in [-0.1, -0.05) is 84.9 Å². The van der Waals surface area contributed by atoms with E-state index in [1.54, 1.807) is 60.7 Å². The molecule has 9 rings (SSSR count). The molecule has 0 fully saturated rings. The zero-order valence-electron chi connectivity index (χ0n) is 40.7. The summed E-state index contributed by atoms with van der Waals surface area (Å²) in [5.74, 6) is 3.32. The number of hydrogen-bond donors (Lipinski definition) is 5. The van der Waals surface area contributed by atoms with Crippen LogP contribution in [-0.4, -0.2) is 52.1 Å². The van der Waals surface area contributed by atoms with Gasteiger partial charge in [0.2, 0.25) is 0 Å². The van der Waals surface area contributed by atoms with Crippen LogP contribution in [0, 0.1) is 7.14 Å². The molecule has 9 aromatic carbocycles. The molecule has 1 unspecified atom stereocenters. The van der Waals surface area contributed by atoms with Crippen molar-refractivity contribution in [2.75, 3.05) is 26.4 Å². The van der Waals surface area contributed by atoms with E-state index in [2.05, 4.69) is 92.5 Å². The molecule has 0 aliphatic heterocycles. The third-order valence-corrected chi connectivity index (χ3v) is 14.2. The summed E-state index contributed by atoms with van der Waals surface area (Å²) in [7, 11) is 0. The Bertz CT molecular complexity index is 3290. The van der Waals surface area contributed by atoms with E-state index in [-0.39, 0.29) is 23.0 Å². The van der Waals surface area contributed by atoms with E-state index in [0.29, 0.717) is 75.1 Å². The van der Waals surface area contributed by atoms with E-state index in [9.17, 15) is 25.7 Å². The van der Waals surface area contributed by atoms with E-state index < -0.39 is 5.92 Å². The number of benzene rings is 9. The molecule has 0 saturated carbocycles. The van der Waals surface area contributed by atoms with Crippen LogP contribution in [0.15, 0.2) is 194 Å². The van der Waals surface area contributed by atoms with Crippen molar-refractivity contribution in [3.63, 3.8) is 0 Å². The van der Waals surface area contributed by atoms with Crippen LogP contribution in [0.1, 0.15) is 44.9 Å². The Labute approximate surface area is 463 Å². The molecular weight excluding hydrogens is 1170 g/mol. The van der Waals surface area contributed by atoms with Crippen molar-refractivity contribution in [1.82, 2.24) is 0 Å². The predicted octanol–water partition coefficient (Wildman–Crippen LogP) is 14.6. The van der Waals surface area contributed by atoms with Crippen LogP contribution in [0.25, 0.3) is 22.3 Å². The largest absolute Gasteiger partial charge is 0.508 e. The lowest BCUT2D eigenvalue weighted by molar-refractivity contribution is -0.137. The maximum atomic E-state index is 10.0. The van der Waals surface area contributed by atoms with Gasteiger partial charge in [-0.2, -0.15) is 0 Å². The second kappa shape index (κ2) is 25.2. The first-order valence-corrected chi connectivity index (χ1v) is 26.6. The fraction of sp³-hybridized carbons (Fsp3) is 0.143. The Morgan fingerprint density at radius 3 is 1.11 bits per heavy atom. The van der Waals surface area contributed by atoms with Crippen molar-refractivity contribution in [2.45, 2.75) is 31.6 Å². The van der Waals surface area contributed by atoms with Gasteiger partial charge in [0, 0.05) is 51.9 Å². The maximum absolute atomic E-state index is 10.0. The Balaban J connectivity index is 1.18. The summed E-state index contributed by atoms with van der Waals surface area (Å²) >= 11 is 4.73. The van der Waals surface area contributed by atoms with E-state index in [4.69, 9.17) is 18.9 Å². The quantitative estimate of drug-likeness (QED) is 0.0192. The molecule has 0 aromatic heterocycles. The highest BCUT2D eigenvalue weighted by molar-refractivity contribution is 14.1. The van der Waals surface area contributed by atoms with Gasteiger partial charge in [-0.25, -0.2) is 5.26 Å². The number of ether oxygens (including phenoxy) is 4. The third kappa shape index (κ3) is 14.1. The predicted molar refractivity (Wildman–Crippen MR) is 309 cm³/mol. The number of phenolic OH excluding ortho intramolecular Hbond substituents is 4. The normalized spacial score (nSPS) is 11.5. The molecule has 10 nitrogen and oxygen atoms in total. The fourth-order valence-corrected chi connectivity index (χ4v) is 10.9. The number of halogens is 2. The Kier molecular flexibility index (Phi) is 17.6. The topological polar surface area (TPSA) is 147 Å². The second-order valence-electron chi connectivity index (χ2n) is 17.9. The molecule has 380 valence electrons. The molecular formula is C63H54I2O10. The smallest absolute Gasteiger partial charge is 0.165 e. The van der Waals surface area contributed by atoms with Crippen LogP contribution in [-0.2, 0) is 25.7 Å². The summed E-state index contributed by atoms with van der Waals surface area (Å²) in [6, 6.07) is 60.6. The van der Waals surface area contributed by atoms with Gasteiger partial charge in [-0.15, -0.1) is 0 Å². The van der Waals surface area contributed by atoms with Gasteiger partial charge >= 0.3 is 0 Å². The highest BCUT2D eigenvalue weighted by atomic mass is 127. The molecule has 12 heteroatoms. The molecule has 75 heavy (non-hydrogen) atoms. The van der Waals surface area contributed by atoms with Gasteiger partial charge in [0.05, 0.1) is 30.0 Å². The van der Waals surface area contributed by atoms with E-state index in [1.807, 2.05) is 91.0 Å². The monoisotopic (exact) mass is 1220 g/mol. The summed E-state index contributed by atoms with van der Waals surface area (Å²) in [4.78, 5) is 4.56. The molecule has 0 bridgehead atoms. The number of phenols is 4. The van der Waals surface area contributed by atoms with Crippen LogP contribution >= 0.6 is 45.2 Å². The minimum atomic E-state index is -0.563. The van der Waals surface area contributed by atoms with Gasteiger partial charge in [-0.3, -0.25) is 0 Å². The fourth-order valence-electron chi connectivity index (χ4n) is 8.84. The number of rotatable bonds is 22. The van der Waals surface area contributed by atoms with E-state index >= 15 is 0 Å².